The molecular weight excluding hydrogens is 328 g/mol. The van der Waals surface area contributed by atoms with Crippen LogP contribution in [0.15, 0.2) is 42.5 Å². The molecule has 1 aliphatic heterocycles. The number of aromatic hydroxyl groups is 1. The van der Waals surface area contributed by atoms with Crippen LogP contribution in [0.1, 0.15) is 0 Å². The highest BCUT2D eigenvalue weighted by Crippen LogP contribution is 2.25. The summed E-state index contributed by atoms with van der Waals surface area (Å²) in [7, 11) is 0. The molecule has 0 aliphatic carbocycles. The molecule has 2 aromatic carbocycles. The second-order valence-electron chi connectivity index (χ2n) is 6.07. The van der Waals surface area contributed by atoms with Crippen molar-refractivity contribution in [2.75, 3.05) is 42.9 Å². The van der Waals surface area contributed by atoms with Gasteiger partial charge in [-0.25, -0.2) is 8.78 Å². The molecule has 0 saturated carbocycles. The van der Waals surface area contributed by atoms with Gasteiger partial charge in [-0.3, -0.25) is 4.79 Å². The molecule has 1 aliphatic rings. The highest BCUT2D eigenvalue weighted by molar-refractivity contribution is 5.91. The lowest BCUT2D eigenvalue weighted by Gasteiger charge is -2.33. The second kappa shape index (κ2) is 7.48. The van der Waals surface area contributed by atoms with Crippen LogP contribution in [0.2, 0.25) is 0 Å². The fourth-order valence-corrected chi connectivity index (χ4v) is 2.98. The molecule has 7 heteroatoms. The highest BCUT2D eigenvalue weighted by Gasteiger charge is 2.23. The first-order chi connectivity index (χ1) is 12.0. The molecule has 2 aromatic rings. The lowest BCUT2D eigenvalue weighted by atomic mass is 10.2. The van der Waals surface area contributed by atoms with E-state index in [4.69, 9.17) is 0 Å². The van der Waals surface area contributed by atoms with E-state index in [9.17, 15) is 18.7 Å². The number of carbonyl (C=O) groups is 1. The summed E-state index contributed by atoms with van der Waals surface area (Å²) >= 11 is 0. The van der Waals surface area contributed by atoms with Crippen LogP contribution in [-0.4, -0.2) is 43.7 Å². The number of hydrogen-bond donors (Lipinski definition) is 3. The molecule has 5 nitrogen and oxygen atoms in total. The number of phenolic OH excluding ortho intramolecular Hbond substituents is 1. The summed E-state index contributed by atoms with van der Waals surface area (Å²) in [6.07, 6.45) is 0. The minimum absolute atomic E-state index is 0.0151. The van der Waals surface area contributed by atoms with Gasteiger partial charge in [-0.1, -0.05) is 12.1 Å². The Morgan fingerprint density at radius 3 is 2.56 bits per heavy atom. The van der Waals surface area contributed by atoms with Crippen molar-refractivity contribution in [1.29, 1.82) is 0 Å². The van der Waals surface area contributed by atoms with Gasteiger partial charge in [-0.15, -0.1) is 0 Å². The van der Waals surface area contributed by atoms with Gasteiger partial charge in [0.2, 0.25) is 0 Å². The van der Waals surface area contributed by atoms with E-state index in [2.05, 4.69) is 10.2 Å². The number of carbonyl (C=O) groups excluding carboxylic acids is 1. The Balaban J connectivity index is 1.52. The zero-order valence-corrected chi connectivity index (χ0v) is 13.6. The lowest BCUT2D eigenvalue weighted by Crippen LogP contribution is -3.15. The summed E-state index contributed by atoms with van der Waals surface area (Å²) < 4.78 is 26.5. The topological polar surface area (TPSA) is 57.0 Å². The summed E-state index contributed by atoms with van der Waals surface area (Å²) in [6.45, 7) is 3.10. The molecule has 3 N–H and O–H groups in total. The van der Waals surface area contributed by atoms with E-state index in [0.29, 0.717) is 13.1 Å². The molecule has 3 rings (SSSR count). The SMILES string of the molecule is O=C(C[NH+]1CCN(c2ccccc2O)CC1)Nc1ccc(F)cc1F. The van der Waals surface area contributed by atoms with Crippen molar-refractivity contribution < 1.29 is 23.6 Å². The number of nitrogens with one attached hydrogen (secondary N) is 2. The Bertz CT molecular complexity index is 762. The van der Waals surface area contributed by atoms with Crippen LogP contribution >= 0.6 is 0 Å². The quantitative estimate of drug-likeness (QED) is 0.773. The molecule has 1 saturated heterocycles. The minimum atomic E-state index is -0.785. The average molecular weight is 348 g/mol. The number of amides is 1. The predicted molar refractivity (Wildman–Crippen MR) is 90.9 cm³/mol. The third kappa shape index (κ3) is 4.24. The molecule has 25 heavy (non-hydrogen) atoms. The number of hydrogen-bond acceptors (Lipinski definition) is 3. The third-order valence-electron chi connectivity index (χ3n) is 4.31. The van der Waals surface area contributed by atoms with Gasteiger partial charge in [0, 0.05) is 6.07 Å². The van der Waals surface area contributed by atoms with E-state index in [-0.39, 0.29) is 23.9 Å². The van der Waals surface area contributed by atoms with Crippen molar-refractivity contribution in [2.45, 2.75) is 0 Å². The van der Waals surface area contributed by atoms with Gasteiger partial charge in [-0.2, -0.15) is 0 Å². The van der Waals surface area contributed by atoms with Crippen molar-refractivity contribution in [2.24, 2.45) is 0 Å². The van der Waals surface area contributed by atoms with Gasteiger partial charge >= 0.3 is 0 Å². The van der Waals surface area contributed by atoms with Crippen LogP contribution < -0.4 is 15.1 Å². The van der Waals surface area contributed by atoms with E-state index in [0.717, 1.165) is 35.8 Å². The van der Waals surface area contributed by atoms with E-state index in [1.807, 2.05) is 12.1 Å². The molecule has 1 heterocycles. The maximum absolute atomic E-state index is 13.6. The standard InChI is InChI=1S/C18H19F2N3O2/c19-13-5-6-15(14(20)11-13)21-18(25)12-22-7-9-23(10-8-22)16-3-1-2-4-17(16)24/h1-6,11,24H,7-10,12H2,(H,21,25)/p+1. The fraction of sp³-hybridized carbons (Fsp3) is 0.278. The molecule has 1 amide bonds. The van der Waals surface area contributed by atoms with E-state index in [1.54, 1.807) is 12.1 Å². The molecular formula is C18H20F2N3O2+. The molecule has 0 bridgehead atoms. The first-order valence-electron chi connectivity index (χ1n) is 8.14. The molecule has 0 radical (unpaired) electrons. The first-order valence-corrected chi connectivity index (χ1v) is 8.14. The smallest absolute Gasteiger partial charge is 0.279 e. The maximum atomic E-state index is 13.6. The normalized spacial score (nSPS) is 15.2. The molecule has 0 aromatic heterocycles. The van der Waals surface area contributed by atoms with Crippen LogP contribution in [-0.2, 0) is 4.79 Å². The lowest BCUT2D eigenvalue weighted by molar-refractivity contribution is -0.892. The van der Waals surface area contributed by atoms with Gasteiger partial charge in [0.1, 0.15) is 17.4 Å². The number of nitrogens with zero attached hydrogens (tertiary/aromatic N) is 1. The zero-order chi connectivity index (χ0) is 17.8. The molecule has 132 valence electrons. The number of quaternary nitrogens is 1. The Morgan fingerprint density at radius 1 is 1.16 bits per heavy atom. The van der Waals surface area contributed by atoms with Crippen molar-refractivity contribution in [1.82, 2.24) is 0 Å². The number of para-hydroxylation sites is 2. The minimum Gasteiger partial charge on any atom is -0.506 e. The molecule has 1 fully saturated rings. The third-order valence-corrected chi connectivity index (χ3v) is 4.31. The fourth-order valence-electron chi connectivity index (χ4n) is 2.98. The van der Waals surface area contributed by atoms with Gasteiger partial charge in [0.25, 0.3) is 5.91 Å². The van der Waals surface area contributed by atoms with E-state index in [1.165, 1.54) is 6.07 Å². The number of anilines is 2. The summed E-state index contributed by atoms with van der Waals surface area (Å²) in [5.41, 5.74) is 0.776. The number of phenols is 1. The Labute approximate surface area is 144 Å². The number of halogens is 2. The largest absolute Gasteiger partial charge is 0.506 e. The maximum Gasteiger partial charge on any atom is 0.279 e. The number of benzene rings is 2. The van der Waals surface area contributed by atoms with Gasteiger partial charge in [0.15, 0.2) is 6.54 Å². The Hall–Kier alpha value is -2.67. The monoisotopic (exact) mass is 348 g/mol. The Kier molecular flexibility index (Phi) is 5.14. The summed E-state index contributed by atoms with van der Waals surface area (Å²) in [4.78, 5) is 15.2. The first kappa shape index (κ1) is 17.2. The number of rotatable bonds is 4. The van der Waals surface area contributed by atoms with E-state index < -0.39 is 11.6 Å². The Morgan fingerprint density at radius 2 is 1.88 bits per heavy atom. The predicted octanol–water partition coefficient (Wildman–Crippen LogP) is 1.01. The second-order valence-corrected chi connectivity index (χ2v) is 6.07. The van der Waals surface area contributed by atoms with Crippen molar-refractivity contribution >= 4 is 17.3 Å². The number of piperazine rings is 1. The van der Waals surface area contributed by atoms with Crippen LogP contribution in [0.4, 0.5) is 20.2 Å². The molecule has 0 atom stereocenters. The highest BCUT2D eigenvalue weighted by atomic mass is 19.1. The van der Waals surface area contributed by atoms with Crippen molar-refractivity contribution in [3.63, 3.8) is 0 Å². The van der Waals surface area contributed by atoms with Crippen LogP contribution in [0.3, 0.4) is 0 Å². The van der Waals surface area contributed by atoms with E-state index >= 15 is 0 Å². The zero-order valence-electron chi connectivity index (χ0n) is 13.6. The summed E-state index contributed by atoms with van der Waals surface area (Å²) in [6, 6.07) is 10.2. The van der Waals surface area contributed by atoms with Gasteiger partial charge in [-0.05, 0) is 24.3 Å². The van der Waals surface area contributed by atoms with Crippen LogP contribution in [0, 0.1) is 11.6 Å². The van der Waals surface area contributed by atoms with Crippen molar-refractivity contribution in [3.8, 4) is 5.75 Å². The average Bonchev–Trinajstić information content (AvgIpc) is 2.59. The van der Waals surface area contributed by atoms with Gasteiger partial charge < -0.3 is 20.2 Å². The van der Waals surface area contributed by atoms with Crippen LogP contribution in [0.5, 0.6) is 5.75 Å². The summed E-state index contributed by atoms with van der Waals surface area (Å²) in [5.74, 6) is -1.53. The molecule has 0 spiro atoms. The summed E-state index contributed by atoms with van der Waals surface area (Å²) in [5, 5.41) is 12.4. The molecule has 0 unspecified atom stereocenters. The van der Waals surface area contributed by atoms with Crippen molar-refractivity contribution in [3.05, 3.63) is 54.1 Å². The van der Waals surface area contributed by atoms with Crippen LogP contribution in [0.25, 0.3) is 0 Å². The van der Waals surface area contributed by atoms with Gasteiger partial charge in [0.05, 0.1) is 37.6 Å².